The summed E-state index contributed by atoms with van der Waals surface area (Å²) in [5.41, 5.74) is 0. The van der Waals surface area contributed by atoms with Gasteiger partial charge in [-0.1, -0.05) is 5.16 Å². The number of piperidine rings is 2. The van der Waals surface area contributed by atoms with Gasteiger partial charge in [0.25, 0.3) is 0 Å². The lowest BCUT2D eigenvalue weighted by molar-refractivity contribution is 0.0231. The number of nitrogens with zero attached hydrogens (tertiary/aromatic N) is 4. The Labute approximate surface area is 137 Å². The van der Waals surface area contributed by atoms with Crippen molar-refractivity contribution in [3.63, 3.8) is 0 Å². The lowest BCUT2D eigenvalue weighted by Crippen LogP contribution is -2.49. The molecule has 2 aliphatic heterocycles. The van der Waals surface area contributed by atoms with Gasteiger partial charge in [-0.2, -0.15) is 4.98 Å². The van der Waals surface area contributed by atoms with Gasteiger partial charge in [-0.15, -0.1) is 0 Å². The van der Waals surface area contributed by atoms with Gasteiger partial charge in [0.2, 0.25) is 5.89 Å². The smallest absolute Gasteiger partial charge is 0.240 e. The van der Waals surface area contributed by atoms with Gasteiger partial charge in [-0.05, 0) is 51.0 Å². The molecule has 4 rings (SSSR count). The van der Waals surface area contributed by atoms with Crippen molar-refractivity contribution >= 4 is 0 Å². The molecule has 0 spiro atoms. The van der Waals surface area contributed by atoms with Crippen LogP contribution in [0.3, 0.4) is 0 Å². The second-order valence-corrected chi connectivity index (χ2v) is 7.55. The molecule has 1 N–H and O–H groups in total. The second-order valence-electron chi connectivity index (χ2n) is 7.55. The van der Waals surface area contributed by atoms with E-state index in [2.05, 4.69) is 19.9 Å². The van der Waals surface area contributed by atoms with E-state index in [0.29, 0.717) is 6.04 Å². The minimum absolute atomic E-state index is 0.120. The third-order valence-corrected chi connectivity index (χ3v) is 5.54. The molecule has 1 aromatic heterocycles. The molecule has 6 nitrogen and oxygen atoms in total. The van der Waals surface area contributed by atoms with E-state index in [1.807, 2.05) is 0 Å². The number of hydrogen-bond donors (Lipinski definition) is 1. The summed E-state index contributed by atoms with van der Waals surface area (Å²) in [5, 5.41) is 14.0. The molecule has 1 saturated carbocycles. The zero-order chi connectivity index (χ0) is 15.6. The summed E-state index contributed by atoms with van der Waals surface area (Å²) in [6.07, 6.45) is 7.97. The third-order valence-electron chi connectivity index (χ3n) is 5.54. The molecule has 1 atom stereocenters. The Balaban J connectivity index is 1.23. The van der Waals surface area contributed by atoms with Gasteiger partial charge in [-0.3, -0.25) is 9.80 Å². The van der Waals surface area contributed by atoms with Gasteiger partial charge in [0, 0.05) is 32.1 Å². The highest BCUT2D eigenvalue weighted by Crippen LogP contribution is 2.31. The van der Waals surface area contributed by atoms with E-state index < -0.39 is 0 Å². The van der Waals surface area contributed by atoms with E-state index in [4.69, 9.17) is 4.52 Å². The Morgan fingerprint density at radius 2 is 1.91 bits per heavy atom. The van der Waals surface area contributed by atoms with Gasteiger partial charge in [0.1, 0.15) is 0 Å². The van der Waals surface area contributed by atoms with Crippen LogP contribution in [0.4, 0.5) is 0 Å². The maximum Gasteiger partial charge on any atom is 0.240 e. The molecule has 0 unspecified atom stereocenters. The highest BCUT2D eigenvalue weighted by atomic mass is 16.5. The molecule has 0 radical (unpaired) electrons. The van der Waals surface area contributed by atoms with Crippen LogP contribution in [0.25, 0.3) is 0 Å². The molecule has 3 aliphatic rings. The van der Waals surface area contributed by atoms with Crippen LogP contribution < -0.4 is 0 Å². The molecule has 1 aliphatic carbocycles. The standard InChI is InChI=1S/C17H28N4O2/c22-15-2-1-7-21(11-15)14-5-8-20(9-6-14)12-17-18-16(19-23-17)10-13-3-4-13/h13-15,22H,1-12H2/t15-/m1/s1. The molecule has 0 amide bonds. The second kappa shape index (κ2) is 6.87. The van der Waals surface area contributed by atoms with Crippen molar-refractivity contribution in [3.8, 4) is 0 Å². The van der Waals surface area contributed by atoms with E-state index in [0.717, 1.165) is 69.6 Å². The van der Waals surface area contributed by atoms with E-state index in [-0.39, 0.29) is 6.10 Å². The fourth-order valence-electron chi connectivity index (χ4n) is 3.97. The molecule has 3 heterocycles. The molecule has 0 aromatic carbocycles. The number of aliphatic hydroxyl groups is 1. The average Bonchev–Trinajstić information content (AvgIpc) is 3.26. The Morgan fingerprint density at radius 1 is 1.09 bits per heavy atom. The zero-order valence-electron chi connectivity index (χ0n) is 13.9. The van der Waals surface area contributed by atoms with Crippen LogP contribution in [0.1, 0.15) is 50.2 Å². The fraction of sp³-hybridized carbons (Fsp3) is 0.882. The van der Waals surface area contributed by atoms with Gasteiger partial charge in [0.05, 0.1) is 12.6 Å². The quantitative estimate of drug-likeness (QED) is 0.886. The highest BCUT2D eigenvalue weighted by molar-refractivity contribution is 4.93. The predicted octanol–water partition coefficient (Wildman–Crippen LogP) is 1.44. The fourth-order valence-corrected chi connectivity index (χ4v) is 3.97. The summed E-state index contributed by atoms with van der Waals surface area (Å²) in [7, 11) is 0. The lowest BCUT2D eigenvalue weighted by atomic mass is 9.99. The first-order valence-corrected chi connectivity index (χ1v) is 9.22. The maximum atomic E-state index is 9.85. The molecule has 6 heteroatoms. The van der Waals surface area contributed by atoms with Gasteiger partial charge in [-0.25, -0.2) is 0 Å². The molecule has 128 valence electrons. The SMILES string of the molecule is O[C@@H]1CCCN(C2CCN(Cc3nc(CC4CC4)no3)CC2)C1. The molecular weight excluding hydrogens is 292 g/mol. The minimum Gasteiger partial charge on any atom is -0.392 e. The van der Waals surface area contributed by atoms with E-state index >= 15 is 0 Å². The van der Waals surface area contributed by atoms with Crippen LogP contribution in [-0.4, -0.2) is 63.4 Å². The van der Waals surface area contributed by atoms with Crippen LogP contribution in [0.15, 0.2) is 4.52 Å². The van der Waals surface area contributed by atoms with E-state index in [9.17, 15) is 5.11 Å². The van der Waals surface area contributed by atoms with Crippen LogP contribution in [-0.2, 0) is 13.0 Å². The number of hydrogen-bond acceptors (Lipinski definition) is 6. The number of aromatic nitrogens is 2. The van der Waals surface area contributed by atoms with Crippen molar-refractivity contribution in [2.75, 3.05) is 26.2 Å². The van der Waals surface area contributed by atoms with Gasteiger partial charge >= 0.3 is 0 Å². The molecule has 3 fully saturated rings. The minimum atomic E-state index is -0.120. The summed E-state index contributed by atoms with van der Waals surface area (Å²) in [6.45, 7) is 4.96. The van der Waals surface area contributed by atoms with E-state index in [1.165, 1.54) is 25.7 Å². The van der Waals surface area contributed by atoms with Crippen LogP contribution in [0.5, 0.6) is 0 Å². The maximum absolute atomic E-state index is 9.85. The first kappa shape index (κ1) is 15.5. The number of likely N-dealkylation sites (tertiary alicyclic amines) is 2. The van der Waals surface area contributed by atoms with Gasteiger partial charge < -0.3 is 9.63 Å². The van der Waals surface area contributed by atoms with Crippen molar-refractivity contribution in [2.24, 2.45) is 5.92 Å². The van der Waals surface area contributed by atoms with Crippen LogP contribution in [0, 0.1) is 5.92 Å². The molecule has 2 saturated heterocycles. The normalized spacial score (nSPS) is 28.3. The monoisotopic (exact) mass is 320 g/mol. The molecule has 1 aromatic rings. The predicted molar refractivity (Wildman–Crippen MR) is 85.8 cm³/mol. The van der Waals surface area contributed by atoms with Crippen LogP contribution >= 0.6 is 0 Å². The topological polar surface area (TPSA) is 65.6 Å². The largest absolute Gasteiger partial charge is 0.392 e. The van der Waals surface area contributed by atoms with Crippen molar-refractivity contribution in [1.82, 2.24) is 19.9 Å². The van der Waals surface area contributed by atoms with E-state index in [1.54, 1.807) is 0 Å². The Kier molecular flexibility index (Phi) is 4.64. The summed E-state index contributed by atoms with van der Waals surface area (Å²) in [5.74, 6) is 2.46. The van der Waals surface area contributed by atoms with Gasteiger partial charge in [0.15, 0.2) is 5.82 Å². The van der Waals surface area contributed by atoms with Crippen molar-refractivity contribution in [1.29, 1.82) is 0 Å². The summed E-state index contributed by atoms with van der Waals surface area (Å²) < 4.78 is 5.41. The summed E-state index contributed by atoms with van der Waals surface area (Å²) in [6, 6.07) is 0.634. The molecule has 23 heavy (non-hydrogen) atoms. The Hall–Kier alpha value is -0.980. The summed E-state index contributed by atoms with van der Waals surface area (Å²) >= 11 is 0. The number of β-amino-alcohol motifs (C(OH)–C–C–N with tert-alkyl or cyclic N) is 1. The Morgan fingerprint density at radius 3 is 2.65 bits per heavy atom. The first-order chi connectivity index (χ1) is 11.3. The number of aliphatic hydroxyl groups excluding tert-OH is 1. The third kappa shape index (κ3) is 4.11. The molecular formula is C17H28N4O2. The van der Waals surface area contributed by atoms with Crippen molar-refractivity contribution in [3.05, 3.63) is 11.7 Å². The highest BCUT2D eigenvalue weighted by Gasteiger charge is 2.29. The van der Waals surface area contributed by atoms with Crippen molar-refractivity contribution in [2.45, 2.75) is 63.6 Å². The van der Waals surface area contributed by atoms with Crippen LogP contribution in [0.2, 0.25) is 0 Å². The zero-order valence-corrected chi connectivity index (χ0v) is 13.9. The summed E-state index contributed by atoms with van der Waals surface area (Å²) in [4.78, 5) is 9.45. The Bertz CT molecular complexity index is 508. The lowest BCUT2D eigenvalue weighted by Gasteiger charge is -2.41. The molecule has 0 bridgehead atoms. The first-order valence-electron chi connectivity index (χ1n) is 9.22. The average molecular weight is 320 g/mol. The van der Waals surface area contributed by atoms with Crippen molar-refractivity contribution < 1.29 is 9.63 Å². The number of rotatable bonds is 5.